The molecule has 0 aliphatic carbocycles. The predicted molar refractivity (Wildman–Crippen MR) is 93.4 cm³/mol. The van der Waals surface area contributed by atoms with Crippen molar-refractivity contribution in [1.82, 2.24) is 4.90 Å². The van der Waals surface area contributed by atoms with Crippen molar-refractivity contribution in [3.63, 3.8) is 0 Å². The molecule has 0 saturated carbocycles. The molecule has 140 valence electrons. The van der Waals surface area contributed by atoms with Crippen molar-refractivity contribution < 1.29 is 23.5 Å². The Morgan fingerprint density at radius 2 is 1.72 bits per heavy atom. The van der Waals surface area contributed by atoms with Crippen LogP contribution < -0.4 is 0 Å². The molecule has 1 amide bonds. The molecule has 0 saturated heterocycles. The molecule has 1 aromatic carbocycles. The number of halogens is 1. The van der Waals surface area contributed by atoms with Gasteiger partial charge >= 0.3 is 5.97 Å². The monoisotopic (exact) mass is 353 g/mol. The van der Waals surface area contributed by atoms with Gasteiger partial charge in [0, 0.05) is 13.7 Å². The molecule has 2 unspecified atom stereocenters. The Morgan fingerprint density at radius 1 is 1.12 bits per heavy atom. The third kappa shape index (κ3) is 7.22. The molecule has 1 aromatic rings. The van der Waals surface area contributed by atoms with Crippen LogP contribution >= 0.6 is 0 Å². The average molecular weight is 353 g/mol. The number of rotatable bonds is 9. The first-order chi connectivity index (χ1) is 11.7. The highest BCUT2D eigenvalue weighted by Gasteiger charge is 2.21. The van der Waals surface area contributed by atoms with E-state index in [-0.39, 0.29) is 24.4 Å². The maximum Gasteiger partial charge on any atom is 0.335 e. The maximum absolute atomic E-state index is 13.0. The molecule has 0 bridgehead atoms. The van der Waals surface area contributed by atoms with Crippen LogP contribution in [0, 0.1) is 11.7 Å². The van der Waals surface area contributed by atoms with Gasteiger partial charge in [0.15, 0.2) is 12.7 Å². The zero-order valence-corrected chi connectivity index (χ0v) is 15.6. The van der Waals surface area contributed by atoms with Crippen molar-refractivity contribution >= 4 is 11.9 Å². The molecule has 0 aliphatic rings. The largest absolute Gasteiger partial charge is 0.454 e. The van der Waals surface area contributed by atoms with E-state index in [2.05, 4.69) is 13.8 Å². The number of benzene rings is 1. The van der Waals surface area contributed by atoms with Gasteiger partial charge in [-0.15, -0.1) is 0 Å². The number of likely N-dealkylation sites (N-methyl/N-ethyl adjacent to an activating group) is 1. The van der Waals surface area contributed by atoms with Gasteiger partial charge in [0.25, 0.3) is 5.91 Å². The summed E-state index contributed by atoms with van der Waals surface area (Å²) in [6, 6.07) is 5.69. The molecule has 0 radical (unpaired) electrons. The number of hydrogen-bond acceptors (Lipinski definition) is 4. The molecule has 0 N–H and O–H groups in total. The predicted octanol–water partition coefficient (Wildman–Crippen LogP) is 3.34. The summed E-state index contributed by atoms with van der Waals surface area (Å²) in [5.74, 6) is -0.726. The van der Waals surface area contributed by atoms with Crippen molar-refractivity contribution in [3.8, 4) is 0 Å². The van der Waals surface area contributed by atoms with Gasteiger partial charge in [0.2, 0.25) is 0 Å². The number of esters is 1. The highest BCUT2D eigenvalue weighted by molar-refractivity contribution is 5.82. The van der Waals surface area contributed by atoms with E-state index >= 15 is 0 Å². The van der Waals surface area contributed by atoms with Gasteiger partial charge in [-0.1, -0.05) is 26.0 Å². The number of carbonyl (C=O) groups is 2. The van der Waals surface area contributed by atoms with E-state index < -0.39 is 12.1 Å². The second-order valence-corrected chi connectivity index (χ2v) is 6.54. The summed E-state index contributed by atoms with van der Waals surface area (Å²) in [6.07, 6.45) is 0.153. The zero-order chi connectivity index (χ0) is 19.0. The third-order valence-electron chi connectivity index (χ3n) is 4.06. The van der Waals surface area contributed by atoms with Gasteiger partial charge in [0.05, 0.1) is 6.04 Å². The molecule has 0 spiro atoms. The molecule has 0 aromatic heterocycles. The fraction of sp³-hybridized carbons (Fsp3) is 0.579. The minimum absolute atomic E-state index is 0.258. The number of carbonyl (C=O) groups excluding carboxylic acids is 2. The lowest BCUT2D eigenvalue weighted by molar-refractivity contribution is -0.161. The first-order valence-electron chi connectivity index (χ1n) is 8.51. The van der Waals surface area contributed by atoms with Crippen LogP contribution in [-0.4, -0.2) is 43.1 Å². The first-order valence-corrected chi connectivity index (χ1v) is 8.51. The summed E-state index contributed by atoms with van der Waals surface area (Å²) in [6.45, 7) is 7.71. The molecule has 6 heteroatoms. The highest BCUT2D eigenvalue weighted by Crippen LogP contribution is 2.19. The standard InChI is InChI=1S/C19H28FNO4/c1-13(2)10-11-24-15(4)19(23)25-12-18(22)21(5)14(3)16-6-8-17(20)9-7-16/h6-9,13-15H,10-12H2,1-5H3. The average Bonchev–Trinajstić information content (AvgIpc) is 2.58. The number of hydrogen-bond donors (Lipinski definition) is 0. The van der Waals surface area contributed by atoms with Gasteiger partial charge < -0.3 is 14.4 Å². The summed E-state index contributed by atoms with van der Waals surface area (Å²) in [4.78, 5) is 25.5. The van der Waals surface area contributed by atoms with Crippen LogP contribution in [0.25, 0.3) is 0 Å². The van der Waals surface area contributed by atoms with Gasteiger partial charge in [-0.3, -0.25) is 4.79 Å². The molecular formula is C19H28FNO4. The summed E-state index contributed by atoms with van der Waals surface area (Å²) < 4.78 is 23.4. The van der Waals surface area contributed by atoms with Crippen molar-refractivity contribution in [1.29, 1.82) is 0 Å². The highest BCUT2D eigenvalue weighted by atomic mass is 19.1. The SMILES string of the molecule is CC(C)CCOC(C)C(=O)OCC(=O)N(C)C(C)c1ccc(F)cc1. The second-order valence-electron chi connectivity index (χ2n) is 6.54. The Labute approximate surface area is 149 Å². The summed E-state index contributed by atoms with van der Waals surface area (Å²) in [5, 5.41) is 0. The van der Waals surface area contributed by atoms with Crippen LogP contribution in [-0.2, 0) is 19.1 Å². The molecule has 25 heavy (non-hydrogen) atoms. The zero-order valence-electron chi connectivity index (χ0n) is 15.6. The molecule has 0 fully saturated rings. The Bertz CT molecular complexity index is 559. The lowest BCUT2D eigenvalue weighted by Gasteiger charge is -2.25. The molecular weight excluding hydrogens is 325 g/mol. The molecule has 5 nitrogen and oxygen atoms in total. The minimum Gasteiger partial charge on any atom is -0.454 e. The number of nitrogens with zero attached hydrogens (tertiary/aromatic N) is 1. The molecule has 0 heterocycles. The smallest absolute Gasteiger partial charge is 0.335 e. The quantitative estimate of drug-likeness (QED) is 0.639. The number of ether oxygens (including phenoxy) is 2. The second kappa shape index (κ2) is 10.1. The van der Waals surface area contributed by atoms with E-state index in [1.807, 2.05) is 6.92 Å². The fourth-order valence-electron chi connectivity index (χ4n) is 2.08. The van der Waals surface area contributed by atoms with Crippen LogP contribution in [0.3, 0.4) is 0 Å². The van der Waals surface area contributed by atoms with E-state index in [1.165, 1.54) is 17.0 Å². The first kappa shape index (κ1) is 21.1. The van der Waals surface area contributed by atoms with Crippen molar-refractivity contribution in [3.05, 3.63) is 35.6 Å². The van der Waals surface area contributed by atoms with Gasteiger partial charge in [-0.25, -0.2) is 9.18 Å². The van der Waals surface area contributed by atoms with Crippen molar-refractivity contribution in [2.75, 3.05) is 20.3 Å². The maximum atomic E-state index is 13.0. The lowest BCUT2D eigenvalue weighted by Crippen LogP contribution is -2.35. The molecule has 1 rings (SSSR count). The summed E-state index contributed by atoms with van der Waals surface area (Å²) >= 11 is 0. The molecule has 2 atom stereocenters. The lowest BCUT2D eigenvalue weighted by atomic mass is 10.1. The summed E-state index contributed by atoms with van der Waals surface area (Å²) in [5.41, 5.74) is 0.800. The van der Waals surface area contributed by atoms with Crippen LogP contribution in [0.1, 0.15) is 45.7 Å². The minimum atomic E-state index is -0.702. The van der Waals surface area contributed by atoms with E-state index in [1.54, 1.807) is 26.1 Å². The van der Waals surface area contributed by atoms with E-state index in [9.17, 15) is 14.0 Å². The van der Waals surface area contributed by atoms with Crippen molar-refractivity contribution in [2.24, 2.45) is 5.92 Å². The van der Waals surface area contributed by atoms with Crippen LogP contribution in [0.2, 0.25) is 0 Å². The van der Waals surface area contributed by atoms with Crippen molar-refractivity contribution in [2.45, 2.75) is 46.3 Å². The Hall–Kier alpha value is -1.95. The number of amides is 1. The van der Waals surface area contributed by atoms with Gasteiger partial charge in [-0.2, -0.15) is 0 Å². The van der Waals surface area contributed by atoms with E-state index in [0.29, 0.717) is 12.5 Å². The van der Waals surface area contributed by atoms with E-state index in [0.717, 1.165) is 12.0 Å². The van der Waals surface area contributed by atoms with Gasteiger partial charge in [-0.05, 0) is 43.9 Å². The van der Waals surface area contributed by atoms with Crippen LogP contribution in [0.4, 0.5) is 4.39 Å². The topological polar surface area (TPSA) is 55.8 Å². The normalized spacial score (nSPS) is 13.4. The fourth-order valence-corrected chi connectivity index (χ4v) is 2.08. The Balaban J connectivity index is 2.44. The van der Waals surface area contributed by atoms with E-state index in [4.69, 9.17) is 9.47 Å². The summed E-state index contributed by atoms with van der Waals surface area (Å²) in [7, 11) is 1.62. The Morgan fingerprint density at radius 3 is 2.28 bits per heavy atom. The molecule has 0 aliphatic heterocycles. The third-order valence-corrected chi connectivity index (χ3v) is 4.06. The van der Waals surface area contributed by atoms with Crippen LogP contribution in [0.5, 0.6) is 0 Å². The van der Waals surface area contributed by atoms with Gasteiger partial charge in [0.1, 0.15) is 5.82 Å². The Kier molecular flexibility index (Phi) is 8.55. The van der Waals surface area contributed by atoms with Crippen LogP contribution in [0.15, 0.2) is 24.3 Å².